The molecule has 0 bridgehead atoms. The standard InChI is InChI=1S/C15H16ClNO6/c1-8-5-9(14(19)22-3)10(16)6-11(8)17-12(15(20)23-4)7-13(18)21-2/h5-7,17H,1-4H3/b12-7+. The number of esters is 3. The van der Waals surface area contributed by atoms with Gasteiger partial charge in [-0.1, -0.05) is 11.6 Å². The van der Waals surface area contributed by atoms with Crippen LogP contribution in [0.15, 0.2) is 23.9 Å². The molecule has 0 heterocycles. The first kappa shape index (κ1) is 18.5. The van der Waals surface area contributed by atoms with Gasteiger partial charge < -0.3 is 19.5 Å². The third-order valence-corrected chi connectivity index (χ3v) is 3.17. The second-order valence-electron chi connectivity index (χ2n) is 4.34. The second kappa shape index (κ2) is 8.19. The summed E-state index contributed by atoms with van der Waals surface area (Å²) in [6.07, 6.45) is 0.952. The van der Waals surface area contributed by atoms with E-state index in [0.717, 1.165) is 6.08 Å². The summed E-state index contributed by atoms with van der Waals surface area (Å²) in [7, 11) is 3.60. The van der Waals surface area contributed by atoms with E-state index >= 15 is 0 Å². The fourth-order valence-electron chi connectivity index (χ4n) is 1.66. The Hall–Kier alpha value is -2.54. The van der Waals surface area contributed by atoms with Crippen molar-refractivity contribution in [3.63, 3.8) is 0 Å². The number of rotatable bonds is 5. The van der Waals surface area contributed by atoms with E-state index in [-0.39, 0.29) is 16.3 Å². The van der Waals surface area contributed by atoms with E-state index in [1.54, 1.807) is 6.92 Å². The van der Waals surface area contributed by atoms with Gasteiger partial charge in [-0.05, 0) is 24.6 Å². The van der Waals surface area contributed by atoms with Crippen LogP contribution in [0.1, 0.15) is 15.9 Å². The van der Waals surface area contributed by atoms with Gasteiger partial charge >= 0.3 is 17.9 Å². The molecule has 124 valence electrons. The number of benzene rings is 1. The average molecular weight is 342 g/mol. The van der Waals surface area contributed by atoms with E-state index in [0.29, 0.717) is 11.3 Å². The van der Waals surface area contributed by atoms with Crippen molar-refractivity contribution in [2.45, 2.75) is 6.92 Å². The van der Waals surface area contributed by atoms with Crippen molar-refractivity contribution >= 4 is 35.2 Å². The third-order valence-electron chi connectivity index (χ3n) is 2.86. The van der Waals surface area contributed by atoms with Crippen molar-refractivity contribution in [1.82, 2.24) is 0 Å². The molecule has 0 saturated carbocycles. The molecule has 0 aliphatic heterocycles. The number of carbonyl (C=O) groups excluding carboxylic acids is 3. The van der Waals surface area contributed by atoms with Crippen LogP contribution in [0.4, 0.5) is 5.69 Å². The van der Waals surface area contributed by atoms with Crippen molar-refractivity contribution < 1.29 is 28.6 Å². The molecule has 1 aromatic rings. The lowest BCUT2D eigenvalue weighted by molar-refractivity contribution is -0.138. The molecule has 1 N–H and O–H groups in total. The summed E-state index contributed by atoms with van der Waals surface area (Å²) in [5.74, 6) is -2.07. The summed E-state index contributed by atoms with van der Waals surface area (Å²) >= 11 is 6.04. The maximum Gasteiger partial charge on any atom is 0.354 e. The minimum Gasteiger partial charge on any atom is -0.466 e. The van der Waals surface area contributed by atoms with Gasteiger partial charge in [-0.15, -0.1) is 0 Å². The highest BCUT2D eigenvalue weighted by atomic mass is 35.5. The number of anilines is 1. The second-order valence-corrected chi connectivity index (χ2v) is 4.74. The molecular formula is C15H16ClNO6. The van der Waals surface area contributed by atoms with Crippen molar-refractivity contribution in [3.8, 4) is 0 Å². The number of carbonyl (C=O) groups is 3. The minimum absolute atomic E-state index is 0.132. The maximum atomic E-state index is 11.7. The quantitative estimate of drug-likeness (QED) is 0.498. The van der Waals surface area contributed by atoms with Gasteiger partial charge in [-0.25, -0.2) is 14.4 Å². The fraction of sp³-hybridized carbons (Fsp3) is 0.267. The number of aryl methyl sites for hydroxylation is 1. The minimum atomic E-state index is -0.761. The van der Waals surface area contributed by atoms with Crippen LogP contribution in [0.3, 0.4) is 0 Å². The zero-order chi connectivity index (χ0) is 17.6. The number of methoxy groups -OCH3 is 3. The molecule has 0 aliphatic carbocycles. The van der Waals surface area contributed by atoms with Crippen LogP contribution in [0.5, 0.6) is 0 Å². The average Bonchev–Trinajstić information content (AvgIpc) is 2.55. The summed E-state index contributed by atoms with van der Waals surface area (Å²) in [6.45, 7) is 1.69. The van der Waals surface area contributed by atoms with Crippen molar-refractivity contribution in [3.05, 3.63) is 40.1 Å². The summed E-state index contributed by atoms with van der Waals surface area (Å²) in [5.41, 5.74) is 1.08. The predicted octanol–water partition coefficient (Wildman–Crippen LogP) is 2.08. The third kappa shape index (κ3) is 4.72. The van der Waals surface area contributed by atoms with E-state index in [2.05, 4.69) is 19.5 Å². The topological polar surface area (TPSA) is 90.9 Å². The van der Waals surface area contributed by atoms with Crippen LogP contribution in [0.25, 0.3) is 0 Å². The highest BCUT2D eigenvalue weighted by Gasteiger charge is 2.17. The molecule has 0 unspecified atom stereocenters. The molecule has 0 aliphatic rings. The zero-order valence-corrected chi connectivity index (χ0v) is 13.8. The van der Waals surface area contributed by atoms with Crippen molar-refractivity contribution in [1.29, 1.82) is 0 Å². The largest absolute Gasteiger partial charge is 0.466 e. The molecule has 8 heteroatoms. The summed E-state index contributed by atoms with van der Waals surface area (Å²) in [5, 5.41) is 2.87. The summed E-state index contributed by atoms with van der Waals surface area (Å²) < 4.78 is 13.7. The molecule has 0 spiro atoms. The number of hydrogen-bond acceptors (Lipinski definition) is 7. The van der Waals surface area contributed by atoms with E-state index in [9.17, 15) is 14.4 Å². The van der Waals surface area contributed by atoms with Gasteiger partial charge in [0.25, 0.3) is 0 Å². The Kier molecular flexibility index (Phi) is 6.59. The first-order valence-corrected chi connectivity index (χ1v) is 6.75. The Bertz CT molecular complexity index is 668. The molecule has 7 nitrogen and oxygen atoms in total. The predicted molar refractivity (Wildman–Crippen MR) is 83.3 cm³/mol. The maximum absolute atomic E-state index is 11.7. The van der Waals surface area contributed by atoms with Crippen molar-refractivity contribution in [2.24, 2.45) is 0 Å². The molecule has 0 atom stereocenters. The zero-order valence-electron chi connectivity index (χ0n) is 13.1. The first-order chi connectivity index (χ1) is 10.8. The molecule has 23 heavy (non-hydrogen) atoms. The number of ether oxygens (including phenoxy) is 3. The van der Waals surface area contributed by atoms with Gasteiger partial charge in [0.05, 0.1) is 38.0 Å². The summed E-state index contributed by atoms with van der Waals surface area (Å²) in [4.78, 5) is 34.6. The Morgan fingerprint density at radius 1 is 1.09 bits per heavy atom. The highest BCUT2D eigenvalue weighted by molar-refractivity contribution is 6.34. The molecule has 0 amide bonds. The molecule has 0 aromatic heterocycles. The van der Waals surface area contributed by atoms with Crippen LogP contribution in [-0.4, -0.2) is 39.2 Å². The lowest BCUT2D eigenvalue weighted by atomic mass is 10.1. The van der Waals surface area contributed by atoms with Crippen LogP contribution in [0.2, 0.25) is 5.02 Å². The monoisotopic (exact) mass is 341 g/mol. The Morgan fingerprint density at radius 3 is 2.26 bits per heavy atom. The van der Waals surface area contributed by atoms with E-state index in [1.807, 2.05) is 0 Å². The molecule has 1 rings (SSSR count). The van der Waals surface area contributed by atoms with Gasteiger partial charge in [0.1, 0.15) is 5.70 Å². The van der Waals surface area contributed by atoms with Gasteiger partial charge in [-0.2, -0.15) is 0 Å². The van der Waals surface area contributed by atoms with Crippen LogP contribution < -0.4 is 5.32 Å². The first-order valence-electron chi connectivity index (χ1n) is 6.37. The molecule has 0 radical (unpaired) electrons. The van der Waals surface area contributed by atoms with Gasteiger partial charge in [-0.3, -0.25) is 0 Å². The summed E-state index contributed by atoms with van der Waals surface area (Å²) in [6, 6.07) is 2.95. The molecule has 0 fully saturated rings. The van der Waals surface area contributed by atoms with E-state index in [1.165, 1.54) is 33.5 Å². The normalized spacial score (nSPS) is 10.7. The molecular weight excluding hydrogens is 326 g/mol. The lowest BCUT2D eigenvalue weighted by Crippen LogP contribution is -2.16. The lowest BCUT2D eigenvalue weighted by Gasteiger charge is -2.13. The number of nitrogens with one attached hydrogen (secondary N) is 1. The highest BCUT2D eigenvalue weighted by Crippen LogP contribution is 2.26. The number of halogens is 1. The van der Waals surface area contributed by atoms with E-state index < -0.39 is 17.9 Å². The smallest absolute Gasteiger partial charge is 0.354 e. The fourth-order valence-corrected chi connectivity index (χ4v) is 1.90. The van der Waals surface area contributed by atoms with Gasteiger partial charge in [0, 0.05) is 5.69 Å². The van der Waals surface area contributed by atoms with Crippen molar-refractivity contribution in [2.75, 3.05) is 26.6 Å². The van der Waals surface area contributed by atoms with Gasteiger partial charge in [0.2, 0.25) is 0 Å². The Balaban J connectivity index is 3.22. The SMILES string of the molecule is COC(=O)/C=C(/Nc1cc(Cl)c(C(=O)OC)cc1C)C(=O)OC. The Morgan fingerprint density at radius 2 is 1.74 bits per heavy atom. The van der Waals surface area contributed by atoms with E-state index in [4.69, 9.17) is 11.6 Å². The van der Waals surface area contributed by atoms with Gasteiger partial charge in [0.15, 0.2) is 0 Å². The van der Waals surface area contributed by atoms with Crippen LogP contribution >= 0.6 is 11.6 Å². The number of hydrogen-bond donors (Lipinski definition) is 1. The Labute approximate surface area is 138 Å². The molecule has 0 saturated heterocycles. The van der Waals surface area contributed by atoms with Crippen LogP contribution in [-0.2, 0) is 23.8 Å². The molecule has 1 aromatic carbocycles. The van der Waals surface area contributed by atoms with Crippen LogP contribution in [0, 0.1) is 6.92 Å².